The van der Waals surface area contributed by atoms with Crippen molar-refractivity contribution in [3.8, 4) is 0 Å². The van der Waals surface area contributed by atoms with Crippen LogP contribution in [-0.2, 0) is 19.1 Å². The maximum Gasteiger partial charge on any atom is 0.433 e. The number of hydroxylamine groups is 2. The van der Waals surface area contributed by atoms with E-state index in [1.54, 1.807) is 13.8 Å². The molecule has 0 aromatic heterocycles. The molecule has 0 aliphatic rings. The quantitative estimate of drug-likeness (QED) is 0.518. The smallest absolute Gasteiger partial charge is 0.433 e. The Balaban J connectivity index is 4.47. The van der Waals surface area contributed by atoms with Crippen molar-refractivity contribution in [2.45, 2.75) is 40.2 Å². The molecule has 0 spiro atoms. The Bertz CT molecular complexity index is 267. The highest BCUT2D eigenvalue weighted by atomic mass is 16.7. The highest BCUT2D eigenvalue weighted by Gasteiger charge is 2.26. The Hall–Kier alpha value is -1.30. The van der Waals surface area contributed by atoms with Crippen molar-refractivity contribution >= 4 is 12.1 Å². The fourth-order valence-corrected chi connectivity index (χ4v) is 1.29. The van der Waals surface area contributed by atoms with Crippen molar-refractivity contribution in [1.29, 1.82) is 0 Å². The van der Waals surface area contributed by atoms with E-state index in [9.17, 15) is 9.59 Å². The van der Waals surface area contributed by atoms with E-state index in [-0.39, 0.29) is 19.1 Å². The summed E-state index contributed by atoms with van der Waals surface area (Å²) in [5.41, 5.74) is 0. The standard InChI is InChI=1S/C12H23NO5/c1-6-16-11(14)10(8-9(3)4)18-13(5)12(15)17-7-2/h9-10H,6-8H2,1-5H3/t10-/m1/s1. The lowest BCUT2D eigenvalue weighted by atomic mass is 10.1. The van der Waals surface area contributed by atoms with Crippen molar-refractivity contribution in [1.82, 2.24) is 5.06 Å². The molecule has 0 aliphatic heterocycles. The van der Waals surface area contributed by atoms with Crippen molar-refractivity contribution in [2.24, 2.45) is 5.92 Å². The zero-order chi connectivity index (χ0) is 14.1. The summed E-state index contributed by atoms with van der Waals surface area (Å²) in [5, 5.41) is 0.924. The molecular weight excluding hydrogens is 238 g/mol. The number of carbonyl (C=O) groups is 2. The van der Waals surface area contributed by atoms with Crippen LogP contribution in [0.5, 0.6) is 0 Å². The summed E-state index contributed by atoms with van der Waals surface area (Å²) < 4.78 is 9.66. The van der Waals surface area contributed by atoms with Crippen molar-refractivity contribution in [3.05, 3.63) is 0 Å². The zero-order valence-corrected chi connectivity index (χ0v) is 11.8. The van der Waals surface area contributed by atoms with E-state index in [1.807, 2.05) is 13.8 Å². The van der Waals surface area contributed by atoms with Crippen LogP contribution in [0.3, 0.4) is 0 Å². The van der Waals surface area contributed by atoms with Crippen molar-refractivity contribution < 1.29 is 23.9 Å². The van der Waals surface area contributed by atoms with Gasteiger partial charge in [0.2, 0.25) is 0 Å². The fraction of sp³-hybridized carbons (Fsp3) is 0.833. The number of rotatable bonds is 7. The molecule has 0 saturated heterocycles. The van der Waals surface area contributed by atoms with Crippen LogP contribution < -0.4 is 0 Å². The number of hydrogen-bond acceptors (Lipinski definition) is 5. The van der Waals surface area contributed by atoms with Gasteiger partial charge in [0.1, 0.15) is 0 Å². The minimum Gasteiger partial charge on any atom is -0.464 e. The van der Waals surface area contributed by atoms with Crippen LogP contribution in [0.25, 0.3) is 0 Å². The molecule has 0 heterocycles. The number of carbonyl (C=O) groups excluding carboxylic acids is 2. The van der Waals surface area contributed by atoms with Crippen molar-refractivity contribution in [3.63, 3.8) is 0 Å². The summed E-state index contributed by atoms with van der Waals surface area (Å²) in [6.07, 6.45) is -0.947. The molecule has 6 heteroatoms. The summed E-state index contributed by atoms with van der Waals surface area (Å²) in [7, 11) is 1.41. The van der Waals surface area contributed by atoms with E-state index < -0.39 is 18.2 Å². The molecule has 106 valence electrons. The second-order valence-corrected chi connectivity index (χ2v) is 4.17. The number of esters is 1. The lowest BCUT2D eigenvalue weighted by Crippen LogP contribution is -2.38. The molecule has 0 bridgehead atoms. The summed E-state index contributed by atoms with van der Waals surface area (Å²) in [6, 6.07) is 0. The topological polar surface area (TPSA) is 65.1 Å². The van der Waals surface area contributed by atoms with Gasteiger partial charge in [-0.25, -0.2) is 9.59 Å². The van der Waals surface area contributed by atoms with Crippen LogP contribution in [0, 0.1) is 5.92 Å². The van der Waals surface area contributed by atoms with Gasteiger partial charge in [0.25, 0.3) is 0 Å². The summed E-state index contributed by atoms with van der Waals surface area (Å²) >= 11 is 0. The second kappa shape index (κ2) is 8.74. The minimum atomic E-state index is -0.792. The Morgan fingerprint density at radius 3 is 2.11 bits per heavy atom. The molecule has 6 nitrogen and oxygen atoms in total. The van der Waals surface area contributed by atoms with Gasteiger partial charge in [-0.15, -0.1) is 0 Å². The molecule has 0 aromatic carbocycles. The molecule has 0 rings (SSSR count). The maximum absolute atomic E-state index is 11.7. The van der Waals surface area contributed by atoms with Crippen LogP contribution in [0.1, 0.15) is 34.1 Å². The Labute approximate surface area is 108 Å². The first-order valence-corrected chi connectivity index (χ1v) is 6.16. The maximum atomic E-state index is 11.7. The van der Waals surface area contributed by atoms with Gasteiger partial charge in [0.05, 0.1) is 13.2 Å². The van der Waals surface area contributed by atoms with Crippen LogP contribution >= 0.6 is 0 Å². The van der Waals surface area contributed by atoms with Gasteiger partial charge < -0.3 is 9.47 Å². The molecule has 18 heavy (non-hydrogen) atoms. The minimum absolute atomic E-state index is 0.245. The number of hydrogen-bond donors (Lipinski definition) is 0. The van der Waals surface area contributed by atoms with E-state index in [0.717, 1.165) is 5.06 Å². The average Bonchev–Trinajstić information content (AvgIpc) is 2.28. The average molecular weight is 261 g/mol. The molecule has 0 saturated carbocycles. The highest BCUT2D eigenvalue weighted by Crippen LogP contribution is 2.12. The van der Waals surface area contributed by atoms with Crippen LogP contribution in [0.4, 0.5) is 4.79 Å². The molecule has 0 N–H and O–H groups in total. The second-order valence-electron chi connectivity index (χ2n) is 4.17. The Morgan fingerprint density at radius 2 is 1.67 bits per heavy atom. The van der Waals surface area contributed by atoms with E-state index in [1.165, 1.54) is 7.05 Å². The first-order valence-electron chi connectivity index (χ1n) is 6.16. The molecule has 0 radical (unpaired) electrons. The number of nitrogens with zero attached hydrogens (tertiary/aromatic N) is 1. The van der Waals surface area contributed by atoms with Gasteiger partial charge in [-0.2, -0.15) is 5.06 Å². The molecule has 0 unspecified atom stereocenters. The summed E-state index contributed by atoms with van der Waals surface area (Å²) in [4.78, 5) is 28.3. The predicted octanol–water partition coefficient (Wildman–Crippen LogP) is 1.98. The van der Waals surface area contributed by atoms with E-state index >= 15 is 0 Å². The lowest BCUT2D eigenvalue weighted by molar-refractivity contribution is -0.193. The normalized spacial score (nSPS) is 12.1. The first-order chi connectivity index (χ1) is 8.42. The third kappa shape index (κ3) is 6.44. The molecule has 1 atom stereocenters. The van der Waals surface area contributed by atoms with Gasteiger partial charge >= 0.3 is 12.1 Å². The predicted molar refractivity (Wildman–Crippen MR) is 65.7 cm³/mol. The zero-order valence-electron chi connectivity index (χ0n) is 11.8. The van der Waals surface area contributed by atoms with Crippen LogP contribution in [0.15, 0.2) is 0 Å². The van der Waals surface area contributed by atoms with Gasteiger partial charge in [-0.05, 0) is 26.2 Å². The Morgan fingerprint density at radius 1 is 1.11 bits per heavy atom. The van der Waals surface area contributed by atoms with Crippen LogP contribution in [0.2, 0.25) is 0 Å². The molecule has 0 fully saturated rings. The first kappa shape index (κ1) is 16.7. The largest absolute Gasteiger partial charge is 0.464 e. The highest BCUT2D eigenvalue weighted by molar-refractivity contribution is 5.75. The SMILES string of the molecule is CCOC(=O)[C@@H](CC(C)C)ON(C)C(=O)OCC. The van der Waals surface area contributed by atoms with E-state index in [2.05, 4.69) is 0 Å². The lowest BCUT2D eigenvalue weighted by Gasteiger charge is -2.23. The molecule has 0 aliphatic carbocycles. The monoisotopic (exact) mass is 261 g/mol. The molecular formula is C12H23NO5. The van der Waals surface area contributed by atoms with Gasteiger partial charge in [0, 0.05) is 7.05 Å². The molecule has 0 aromatic rings. The van der Waals surface area contributed by atoms with Crippen molar-refractivity contribution in [2.75, 3.05) is 20.3 Å². The fourth-order valence-electron chi connectivity index (χ4n) is 1.29. The van der Waals surface area contributed by atoms with Gasteiger partial charge in [-0.1, -0.05) is 13.8 Å². The number of amides is 1. The Kier molecular flexibility index (Phi) is 8.11. The van der Waals surface area contributed by atoms with Gasteiger partial charge in [0.15, 0.2) is 6.10 Å². The summed E-state index contributed by atoms with van der Waals surface area (Å²) in [6.45, 7) is 7.86. The van der Waals surface area contributed by atoms with E-state index in [0.29, 0.717) is 6.42 Å². The number of ether oxygens (including phenoxy) is 2. The van der Waals surface area contributed by atoms with Gasteiger partial charge in [-0.3, -0.25) is 4.84 Å². The summed E-state index contributed by atoms with van der Waals surface area (Å²) in [5.74, 6) is -0.225. The van der Waals surface area contributed by atoms with Crippen LogP contribution in [-0.4, -0.2) is 43.5 Å². The third-order valence-corrected chi connectivity index (χ3v) is 2.05. The van der Waals surface area contributed by atoms with E-state index in [4.69, 9.17) is 14.3 Å². The third-order valence-electron chi connectivity index (χ3n) is 2.05. The molecule has 1 amide bonds.